The van der Waals surface area contributed by atoms with Crippen molar-refractivity contribution in [2.45, 2.75) is 38.3 Å². The van der Waals surface area contributed by atoms with Crippen LogP contribution in [0.5, 0.6) is 0 Å². The van der Waals surface area contributed by atoms with E-state index in [1.165, 1.54) is 22.4 Å². The third kappa shape index (κ3) is 3.85. The van der Waals surface area contributed by atoms with Crippen LogP contribution in [-0.4, -0.2) is 19.5 Å². The lowest BCUT2D eigenvalue weighted by atomic mass is 9.87. The molecule has 0 radical (unpaired) electrons. The molecule has 1 aliphatic rings. The maximum atomic E-state index is 12.5. The summed E-state index contributed by atoms with van der Waals surface area (Å²) >= 11 is 0. The van der Waals surface area contributed by atoms with E-state index in [1.807, 2.05) is 25.1 Å². The third-order valence-electron chi connectivity index (χ3n) is 5.08. The lowest BCUT2D eigenvalue weighted by Crippen LogP contribution is -3.10. The Hall–Kier alpha value is -2.13. The number of carbonyl (C=O) groups excluding carboxylic acids is 1. The van der Waals surface area contributed by atoms with E-state index in [1.54, 1.807) is 0 Å². The van der Waals surface area contributed by atoms with Crippen LogP contribution in [0.4, 0.5) is 0 Å². The van der Waals surface area contributed by atoms with Gasteiger partial charge in [0, 0.05) is 12.0 Å². The van der Waals surface area contributed by atoms with Gasteiger partial charge in [0.25, 0.3) is 5.91 Å². The molecule has 0 aromatic heterocycles. The number of nitrogens with one attached hydrogen (secondary N) is 2. The molecule has 0 saturated carbocycles. The van der Waals surface area contributed by atoms with Crippen molar-refractivity contribution in [2.75, 3.05) is 13.6 Å². The first kappa shape index (κ1) is 16.7. The molecule has 3 atom stereocenters. The van der Waals surface area contributed by atoms with E-state index in [-0.39, 0.29) is 11.9 Å². The molecule has 0 spiro atoms. The molecule has 2 N–H and O–H groups in total. The van der Waals surface area contributed by atoms with Crippen molar-refractivity contribution in [3.8, 4) is 0 Å². The van der Waals surface area contributed by atoms with Gasteiger partial charge in [-0.1, -0.05) is 54.6 Å². The summed E-state index contributed by atoms with van der Waals surface area (Å²) in [5.74, 6) is 0.118. The Morgan fingerprint density at radius 1 is 1.17 bits per heavy atom. The van der Waals surface area contributed by atoms with E-state index in [9.17, 15) is 4.79 Å². The van der Waals surface area contributed by atoms with Crippen LogP contribution in [0.25, 0.3) is 0 Å². The van der Waals surface area contributed by atoms with Crippen LogP contribution in [0.1, 0.15) is 48.5 Å². The second kappa shape index (κ2) is 7.63. The average molecular weight is 323 g/mol. The number of hydrogen-bond donors (Lipinski definition) is 2. The number of likely N-dealkylation sites (N-methyl/N-ethyl adjacent to an activating group) is 1. The minimum Gasteiger partial charge on any atom is -0.345 e. The van der Waals surface area contributed by atoms with Gasteiger partial charge in [0.2, 0.25) is 0 Å². The first-order valence-corrected chi connectivity index (χ1v) is 8.89. The van der Waals surface area contributed by atoms with Gasteiger partial charge in [-0.05, 0) is 30.9 Å². The number of hydrogen-bond acceptors (Lipinski definition) is 1. The normalized spacial score (nSPS) is 19.2. The number of fused-ring (bicyclic) bond motifs is 1. The van der Waals surface area contributed by atoms with Gasteiger partial charge in [0.15, 0.2) is 6.54 Å². The predicted octanol–water partition coefficient (Wildman–Crippen LogP) is 2.46. The monoisotopic (exact) mass is 323 g/mol. The minimum atomic E-state index is 0.0464. The van der Waals surface area contributed by atoms with Crippen LogP contribution >= 0.6 is 0 Å². The van der Waals surface area contributed by atoms with Gasteiger partial charge in [0.1, 0.15) is 6.04 Å². The van der Waals surface area contributed by atoms with E-state index in [2.05, 4.69) is 48.8 Å². The van der Waals surface area contributed by atoms with E-state index in [0.717, 1.165) is 18.4 Å². The fourth-order valence-electron chi connectivity index (χ4n) is 3.76. The molecule has 3 nitrogen and oxygen atoms in total. The summed E-state index contributed by atoms with van der Waals surface area (Å²) in [5.41, 5.74) is 4.02. The van der Waals surface area contributed by atoms with Gasteiger partial charge < -0.3 is 10.2 Å². The molecule has 3 heteroatoms. The van der Waals surface area contributed by atoms with Gasteiger partial charge in [-0.15, -0.1) is 0 Å². The second-order valence-corrected chi connectivity index (χ2v) is 6.87. The van der Waals surface area contributed by atoms with E-state index < -0.39 is 0 Å². The van der Waals surface area contributed by atoms with Crippen molar-refractivity contribution < 1.29 is 9.69 Å². The molecule has 0 fully saturated rings. The fraction of sp³-hybridized carbons (Fsp3) is 0.381. The molecular formula is C21H27N2O+. The summed E-state index contributed by atoms with van der Waals surface area (Å²) in [6.45, 7) is 2.55. The Morgan fingerprint density at radius 3 is 2.67 bits per heavy atom. The Kier molecular flexibility index (Phi) is 5.31. The quantitative estimate of drug-likeness (QED) is 0.871. The van der Waals surface area contributed by atoms with Crippen LogP contribution in [0, 0.1) is 0 Å². The highest BCUT2D eigenvalue weighted by atomic mass is 16.2. The van der Waals surface area contributed by atoms with Crippen LogP contribution < -0.4 is 10.2 Å². The molecule has 3 rings (SSSR count). The standard InChI is InChI=1S/C21H26N2O/c1-16(17-9-4-3-5-10-17)22-21(24)15-23(2)20-14-8-12-18-11-6-7-13-19(18)20/h3-7,9-11,13,16,20H,8,12,14-15H2,1-2H3,(H,22,24)/p+1/t16-,20+/m0/s1. The Bertz CT molecular complexity index is 683. The van der Waals surface area contributed by atoms with Crippen molar-refractivity contribution in [3.05, 3.63) is 71.3 Å². The molecule has 0 bridgehead atoms. The first-order valence-electron chi connectivity index (χ1n) is 8.89. The molecule has 0 aliphatic heterocycles. The zero-order valence-electron chi connectivity index (χ0n) is 14.6. The van der Waals surface area contributed by atoms with Gasteiger partial charge in [0.05, 0.1) is 13.1 Å². The SMILES string of the molecule is C[C@H](NC(=O)C[NH+](C)[C@@H]1CCCc2ccccc21)c1ccccc1. The van der Waals surface area contributed by atoms with E-state index in [0.29, 0.717) is 12.6 Å². The lowest BCUT2D eigenvalue weighted by molar-refractivity contribution is -0.905. The largest absolute Gasteiger partial charge is 0.345 e. The molecule has 1 amide bonds. The third-order valence-corrected chi connectivity index (χ3v) is 5.08. The minimum absolute atomic E-state index is 0.0464. The molecule has 126 valence electrons. The number of carbonyl (C=O) groups is 1. The summed E-state index contributed by atoms with van der Waals surface area (Å²) in [4.78, 5) is 13.7. The second-order valence-electron chi connectivity index (χ2n) is 6.87. The van der Waals surface area contributed by atoms with Crippen molar-refractivity contribution >= 4 is 5.91 Å². The summed E-state index contributed by atoms with van der Waals surface area (Å²) in [6.07, 6.45) is 3.53. The average Bonchev–Trinajstić information content (AvgIpc) is 2.61. The van der Waals surface area contributed by atoms with Crippen LogP contribution in [0.2, 0.25) is 0 Å². The van der Waals surface area contributed by atoms with Gasteiger partial charge in [-0.25, -0.2) is 0 Å². The molecule has 0 heterocycles. The molecule has 1 aliphatic carbocycles. The molecule has 1 unspecified atom stereocenters. The smallest absolute Gasteiger partial charge is 0.275 e. The Morgan fingerprint density at radius 2 is 1.88 bits per heavy atom. The number of aryl methyl sites for hydroxylation is 1. The molecule has 0 saturated heterocycles. The summed E-state index contributed by atoms with van der Waals surface area (Å²) in [7, 11) is 2.14. The van der Waals surface area contributed by atoms with Crippen LogP contribution in [0.15, 0.2) is 54.6 Å². The van der Waals surface area contributed by atoms with Crippen LogP contribution in [-0.2, 0) is 11.2 Å². The maximum Gasteiger partial charge on any atom is 0.275 e. The Balaban J connectivity index is 1.61. The van der Waals surface area contributed by atoms with Gasteiger partial charge in [-0.3, -0.25) is 4.79 Å². The highest BCUT2D eigenvalue weighted by Gasteiger charge is 2.28. The van der Waals surface area contributed by atoms with Crippen molar-refractivity contribution in [3.63, 3.8) is 0 Å². The molecule has 2 aromatic carbocycles. The van der Waals surface area contributed by atoms with Crippen molar-refractivity contribution in [1.29, 1.82) is 0 Å². The molecule has 24 heavy (non-hydrogen) atoms. The van der Waals surface area contributed by atoms with Crippen LogP contribution in [0.3, 0.4) is 0 Å². The number of rotatable bonds is 5. The number of benzene rings is 2. The molecule has 2 aromatic rings. The number of amides is 1. The lowest BCUT2D eigenvalue weighted by Gasteiger charge is -2.30. The Labute approximate surface area is 144 Å². The topological polar surface area (TPSA) is 33.5 Å². The summed E-state index contributed by atoms with van der Waals surface area (Å²) < 4.78 is 0. The predicted molar refractivity (Wildman–Crippen MR) is 96.9 cm³/mol. The zero-order valence-corrected chi connectivity index (χ0v) is 14.6. The molecular weight excluding hydrogens is 296 g/mol. The highest BCUT2D eigenvalue weighted by molar-refractivity contribution is 5.77. The summed E-state index contributed by atoms with van der Waals surface area (Å²) in [6, 6.07) is 19.3. The van der Waals surface area contributed by atoms with E-state index >= 15 is 0 Å². The van der Waals surface area contributed by atoms with Gasteiger partial charge >= 0.3 is 0 Å². The first-order chi connectivity index (χ1) is 11.6. The van der Waals surface area contributed by atoms with E-state index in [4.69, 9.17) is 0 Å². The number of quaternary nitrogens is 1. The summed E-state index contributed by atoms with van der Waals surface area (Å²) in [5, 5.41) is 3.13. The zero-order chi connectivity index (χ0) is 16.9. The van der Waals surface area contributed by atoms with Gasteiger partial charge in [-0.2, -0.15) is 0 Å². The maximum absolute atomic E-state index is 12.5. The van der Waals surface area contributed by atoms with Crippen molar-refractivity contribution in [2.24, 2.45) is 0 Å². The highest BCUT2D eigenvalue weighted by Crippen LogP contribution is 2.27. The van der Waals surface area contributed by atoms with Crippen molar-refractivity contribution in [1.82, 2.24) is 5.32 Å². The fourth-order valence-corrected chi connectivity index (χ4v) is 3.76.